The lowest BCUT2D eigenvalue weighted by atomic mass is 10.1. The number of piperidine rings is 1. The molecule has 0 spiro atoms. The molecule has 0 amide bonds. The van der Waals surface area contributed by atoms with Gasteiger partial charge in [0.2, 0.25) is 0 Å². The highest BCUT2D eigenvalue weighted by Gasteiger charge is 2.15. The van der Waals surface area contributed by atoms with Crippen molar-refractivity contribution in [2.45, 2.75) is 32.2 Å². The molecule has 4 nitrogen and oxygen atoms in total. The van der Waals surface area contributed by atoms with E-state index in [1.54, 1.807) is 0 Å². The van der Waals surface area contributed by atoms with E-state index in [0.29, 0.717) is 6.04 Å². The van der Waals surface area contributed by atoms with E-state index < -0.39 is 0 Å². The molecular weight excluding hydrogens is 188 g/mol. The first-order valence-electron chi connectivity index (χ1n) is 5.79. The van der Waals surface area contributed by atoms with Gasteiger partial charge in [0, 0.05) is 19.3 Å². The first kappa shape index (κ1) is 10.5. The molecule has 0 radical (unpaired) electrons. The van der Waals surface area contributed by atoms with Crippen molar-refractivity contribution >= 4 is 5.69 Å². The lowest BCUT2D eigenvalue weighted by Gasteiger charge is -2.24. The van der Waals surface area contributed by atoms with Gasteiger partial charge in [0.1, 0.15) is 0 Å². The van der Waals surface area contributed by atoms with E-state index in [0.717, 1.165) is 19.5 Å². The summed E-state index contributed by atoms with van der Waals surface area (Å²) in [5.41, 5.74) is 2.39. The highest BCUT2D eigenvalue weighted by molar-refractivity contribution is 5.47. The lowest BCUT2D eigenvalue weighted by Crippen LogP contribution is -2.35. The average molecular weight is 208 g/mol. The molecule has 2 heterocycles. The van der Waals surface area contributed by atoms with Crippen molar-refractivity contribution in [3.8, 4) is 0 Å². The molecule has 15 heavy (non-hydrogen) atoms. The van der Waals surface area contributed by atoms with Crippen LogP contribution in [0.5, 0.6) is 0 Å². The van der Waals surface area contributed by atoms with Crippen LogP contribution in [0.15, 0.2) is 6.20 Å². The molecule has 0 aliphatic carbocycles. The number of aromatic nitrogens is 2. The van der Waals surface area contributed by atoms with Gasteiger partial charge < -0.3 is 10.6 Å². The van der Waals surface area contributed by atoms with Crippen molar-refractivity contribution in [2.75, 3.05) is 18.4 Å². The second-order valence-electron chi connectivity index (χ2n) is 4.19. The third-order valence-electron chi connectivity index (χ3n) is 2.94. The third-order valence-corrected chi connectivity index (χ3v) is 2.94. The number of anilines is 1. The molecular formula is C11H20N4. The van der Waals surface area contributed by atoms with Gasteiger partial charge in [0.25, 0.3) is 0 Å². The number of hydrogen-bond acceptors (Lipinski definition) is 3. The largest absolute Gasteiger partial charge is 0.379 e. The molecule has 0 unspecified atom stereocenters. The Labute approximate surface area is 91.1 Å². The van der Waals surface area contributed by atoms with Crippen LogP contribution in [0.25, 0.3) is 0 Å². The Balaban J connectivity index is 2.02. The molecule has 2 rings (SSSR count). The van der Waals surface area contributed by atoms with Gasteiger partial charge in [-0.05, 0) is 32.4 Å². The van der Waals surface area contributed by atoms with Gasteiger partial charge in [-0.3, -0.25) is 4.68 Å². The lowest BCUT2D eigenvalue weighted by molar-refractivity contribution is 0.479. The van der Waals surface area contributed by atoms with Crippen molar-refractivity contribution in [3.05, 3.63) is 11.9 Å². The summed E-state index contributed by atoms with van der Waals surface area (Å²) in [5, 5.41) is 11.4. The summed E-state index contributed by atoms with van der Waals surface area (Å²) in [4.78, 5) is 0. The predicted molar refractivity (Wildman–Crippen MR) is 62.1 cm³/mol. The molecule has 0 aromatic carbocycles. The zero-order valence-corrected chi connectivity index (χ0v) is 9.58. The molecule has 1 aliphatic rings. The summed E-state index contributed by atoms with van der Waals surface area (Å²) in [6, 6.07) is 0.612. The third kappa shape index (κ3) is 2.50. The topological polar surface area (TPSA) is 41.9 Å². The van der Waals surface area contributed by atoms with Crippen molar-refractivity contribution in [1.29, 1.82) is 0 Å². The number of hydrogen-bond donors (Lipinski definition) is 2. The summed E-state index contributed by atoms with van der Waals surface area (Å²) >= 11 is 0. The zero-order chi connectivity index (χ0) is 10.7. The van der Waals surface area contributed by atoms with Crippen LogP contribution in [0, 0.1) is 0 Å². The van der Waals surface area contributed by atoms with Gasteiger partial charge in [-0.15, -0.1) is 0 Å². The molecule has 0 saturated carbocycles. The Morgan fingerprint density at radius 1 is 1.53 bits per heavy atom. The van der Waals surface area contributed by atoms with Crippen LogP contribution in [-0.4, -0.2) is 28.9 Å². The van der Waals surface area contributed by atoms with Crippen LogP contribution in [-0.2, 0) is 13.5 Å². The van der Waals surface area contributed by atoms with Crippen LogP contribution in [0.4, 0.5) is 5.69 Å². The molecule has 1 fully saturated rings. The summed E-state index contributed by atoms with van der Waals surface area (Å²) in [6.45, 7) is 4.40. The zero-order valence-electron chi connectivity index (χ0n) is 9.58. The van der Waals surface area contributed by atoms with E-state index in [1.807, 2.05) is 11.7 Å². The van der Waals surface area contributed by atoms with Crippen LogP contribution < -0.4 is 10.6 Å². The Morgan fingerprint density at radius 2 is 2.27 bits per heavy atom. The van der Waals surface area contributed by atoms with Crippen molar-refractivity contribution < 1.29 is 0 Å². The molecule has 1 aromatic heterocycles. The van der Waals surface area contributed by atoms with Crippen molar-refractivity contribution in [1.82, 2.24) is 15.1 Å². The molecule has 0 atom stereocenters. The molecule has 2 N–H and O–H groups in total. The Kier molecular flexibility index (Phi) is 3.26. The summed E-state index contributed by atoms with van der Waals surface area (Å²) in [6.07, 6.45) is 5.49. The first-order valence-corrected chi connectivity index (χ1v) is 5.79. The fraction of sp³-hybridized carbons (Fsp3) is 0.727. The minimum absolute atomic E-state index is 0.612. The smallest absolute Gasteiger partial charge is 0.0853 e. The molecule has 1 saturated heterocycles. The van der Waals surface area contributed by atoms with E-state index in [4.69, 9.17) is 0 Å². The number of aryl methyl sites for hydroxylation is 2. The molecule has 0 bridgehead atoms. The minimum Gasteiger partial charge on any atom is -0.379 e. The molecule has 4 heteroatoms. The van der Waals surface area contributed by atoms with Gasteiger partial charge in [0.15, 0.2) is 0 Å². The maximum absolute atomic E-state index is 4.43. The van der Waals surface area contributed by atoms with Crippen molar-refractivity contribution in [2.24, 2.45) is 7.05 Å². The Bertz CT molecular complexity index is 312. The van der Waals surface area contributed by atoms with E-state index in [1.165, 1.54) is 24.2 Å². The number of nitrogens with zero attached hydrogens (tertiary/aromatic N) is 2. The SMILES string of the molecule is CCc1nn(C)cc1NC1CCNCC1. The fourth-order valence-electron chi connectivity index (χ4n) is 2.10. The highest BCUT2D eigenvalue weighted by atomic mass is 15.3. The van der Waals surface area contributed by atoms with Crippen LogP contribution >= 0.6 is 0 Å². The van der Waals surface area contributed by atoms with E-state index >= 15 is 0 Å². The van der Waals surface area contributed by atoms with E-state index in [-0.39, 0.29) is 0 Å². The number of rotatable bonds is 3. The first-order chi connectivity index (χ1) is 7.29. The van der Waals surface area contributed by atoms with Crippen LogP contribution in [0.1, 0.15) is 25.5 Å². The fourth-order valence-corrected chi connectivity index (χ4v) is 2.10. The average Bonchev–Trinajstić information content (AvgIpc) is 2.60. The summed E-state index contributed by atoms with van der Waals surface area (Å²) < 4.78 is 1.89. The van der Waals surface area contributed by atoms with Gasteiger partial charge >= 0.3 is 0 Å². The highest BCUT2D eigenvalue weighted by Crippen LogP contribution is 2.17. The normalized spacial score (nSPS) is 18.0. The summed E-state index contributed by atoms with van der Waals surface area (Å²) in [5.74, 6) is 0. The quantitative estimate of drug-likeness (QED) is 0.783. The minimum atomic E-state index is 0.612. The monoisotopic (exact) mass is 208 g/mol. The molecule has 84 valence electrons. The second-order valence-corrected chi connectivity index (χ2v) is 4.19. The second kappa shape index (κ2) is 4.66. The maximum atomic E-state index is 4.43. The Morgan fingerprint density at radius 3 is 2.93 bits per heavy atom. The van der Waals surface area contributed by atoms with Gasteiger partial charge in [-0.25, -0.2) is 0 Å². The van der Waals surface area contributed by atoms with E-state index in [9.17, 15) is 0 Å². The molecule has 1 aromatic rings. The van der Waals surface area contributed by atoms with Gasteiger partial charge in [0.05, 0.1) is 11.4 Å². The predicted octanol–water partition coefficient (Wildman–Crippen LogP) is 1.15. The number of nitrogens with one attached hydrogen (secondary N) is 2. The molecule has 1 aliphatic heterocycles. The van der Waals surface area contributed by atoms with E-state index in [2.05, 4.69) is 28.9 Å². The standard InChI is InChI=1S/C11H20N4/c1-3-10-11(8-15(2)14-10)13-9-4-6-12-7-5-9/h8-9,12-13H,3-7H2,1-2H3. The van der Waals surface area contributed by atoms with Crippen LogP contribution in [0.3, 0.4) is 0 Å². The summed E-state index contributed by atoms with van der Waals surface area (Å²) in [7, 11) is 1.98. The van der Waals surface area contributed by atoms with Crippen LogP contribution in [0.2, 0.25) is 0 Å². The van der Waals surface area contributed by atoms with Crippen molar-refractivity contribution in [3.63, 3.8) is 0 Å². The van der Waals surface area contributed by atoms with Gasteiger partial charge in [-0.2, -0.15) is 5.10 Å². The van der Waals surface area contributed by atoms with Gasteiger partial charge in [-0.1, -0.05) is 6.92 Å². The Hall–Kier alpha value is -1.03. The maximum Gasteiger partial charge on any atom is 0.0853 e.